The van der Waals surface area contributed by atoms with E-state index in [9.17, 15) is 47.9 Å². The van der Waals surface area contributed by atoms with Gasteiger partial charge in [0.1, 0.15) is 48.4 Å². The number of halogens is 3. The maximum atomic E-state index is 16.3. The Hall–Kier alpha value is -8.12. The van der Waals surface area contributed by atoms with Crippen molar-refractivity contribution in [1.82, 2.24) is 40.2 Å². The summed E-state index contributed by atoms with van der Waals surface area (Å²) in [4.78, 5) is 112. The number of nitrogens with two attached hydrogens (primary N) is 1. The van der Waals surface area contributed by atoms with E-state index in [0.29, 0.717) is 62.4 Å². The Morgan fingerprint density at radius 3 is 2.25 bits per heavy atom. The third kappa shape index (κ3) is 17.5. The molecule has 3 aliphatic rings. The predicted octanol–water partition coefficient (Wildman–Crippen LogP) is 5.66. The third-order valence-electron chi connectivity index (χ3n) is 14.8. The highest BCUT2D eigenvalue weighted by atomic mass is 19.1. The van der Waals surface area contributed by atoms with Gasteiger partial charge in [-0.05, 0) is 98.7 Å². The Morgan fingerprint density at radius 2 is 1.58 bits per heavy atom. The fraction of sp³-hybridized carbons (Fsp3) is 0.475. The Kier molecular flexibility index (Phi) is 22.4. The number of urea groups is 1. The minimum atomic E-state index is -1.62. The lowest BCUT2D eigenvalue weighted by Gasteiger charge is -2.40. The summed E-state index contributed by atoms with van der Waals surface area (Å²) in [5.74, 6) is -5.79. The second-order valence-corrected chi connectivity index (χ2v) is 21.5. The van der Waals surface area contributed by atoms with Gasteiger partial charge in [-0.1, -0.05) is 62.7 Å². The zero-order valence-electron chi connectivity index (χ0n) is 46.8. The second kappa shape index (κ2) is 29.7. The maximum Gasteiger partial charge on any atom is 0.410 e. The SMILES string of the molecule is CC(C)[C@H](NC(=O)CCCCCN1C(=O)C=CC1=O)C(=O)N[C@@H](CCCNC(N)=O)C(=O)Nc1ccc(COC(=O)N2C[C@@H](CN(C(=O)[C@H](C)O)[C@@H](c3nc(-c4cc(F)ccc4F)cn3Cc3ccccc3)C3CCOCC3)[C@@H](F)C2)cc1. The van der Waals surface area contributed by atoms with E-state index in [0.717, 1.165) is 28.7 Å². The summed E-state index contributed by atoms with van der Waals surface area (Å²) in [6.45, 7) is 5.05. The molecule has 0 radical (unpaired) electrons. The largest absolute Gasteiger partial charge is 0.445 e. The molecule has 0 aliphatic carbocycles. The lowest BCUT2D eigenvalue weighted by atomic mass is 9.88. The molecule has 3 aromatic carbocycles. The standard InChI is InChI=1S/C59H73F3N10O11/c1-36(2)52(68-49(74)14-8-5-9-26-71-50(75)21-22-51(71)76)56(78)67-47(13-10-25-64-58(63)80)55(77)65-43-18-15-39(16-19-43)35-83-59(81)70-31-41(46(62)33-70)32-72(57(79)37(3)73)53(40-23-27-82-28-24-40)54-66-48(44-29-42(60)17-20-45(44)61)34-69(54)30-38-11-6-4-7-12-38/h4,6-7,11-12,15-22,29,34,36-37,40-41,46-47,52-53,73H,5,8-10,13-14,23-28,30-33,35H2,1-3H3,(H,65,77)(H,67,78)(H,68,74)(H3,63,64,80)/t37-,41-,46-,47-,52-,53+/m0/s1. The third-order valence-corrected chi connectivity index (χ3v) is 14.8. The maximum absolute atomic E-state index is 16.3. The number of amides is 9. The van der Waals surface area contributed by atoms with Gasteiger partial charge in [0.25, 0.3) is 17.7 Å². The number of hydrogen-bond donors (Lipinski definition) is 6. The molecule has 1 aromatic heterocycles. The van der Waals surface area contributed by atoms with Crippen molar-refractivity contribution in [3.63, 3.8) is 0 Å². The van der Waals surface area contributed by atoms with Crippen molar-refractivity contribution in [2.24, 2.45) is 23.5 Å². The Labute approximate surface area is 479 Å². The van der Waals surface area contributed by atoms with Gasteiger partial charge in [0.15, 0.2) is 0 Å². The number of likely N-dealkylation sites (tertiary alicyclic amines) is 1. The van der Waals surface area contributed by atoms with E-state index < -0.39 is 83.7 Å². The highest BCUT2D eigenvalue weighted by Crippen LogP contribution is 2.39. The molecule has 2 saturated heterocycles. The number of nitrogens with zero attached hydrogens (tertiary/aromatic N) is 5. The number of imidazole rings is 1. The van der Waals surface area contributed by atoms with Gasteiger partial charge in [-0.25, -0.2) is 27.7 Å². The molecule has 0 spiro atoms. The van der Waals surface area contributed by atoms with E-state index in [1.54, 1.807) is 48.9 Å². The molecular weight excluding hydrogens is 1080 g/mol. The van der Waals surface area contributed by atoms with Crippen molar-refractivity contribution >= 4 is 53.3 Å². The van der Waals surface area contributed by atoms with E-state index >= 15 is 8.78 Å². The molecule has 2 fully saturated rings. The number of primary amides is 1. The van der Waals surface area contributed by atoms with Crippen molar-refractivity contribution in [1.29, 1.82) is 0 Å². The minimum Gasteiger partial charge on any atom is -0.445 e. The van der Waals surface area contributed by atoms with Crippen LogP contribution in [0.2, 0.25) is 0 Å². The van der Waals surface area contributed by atoms with Crippen LogP contribution in [0, 0.1) is 29.4 Å². The Balaban J connectivity index is 0.976. The van der Waals surface area contributed by atoms with Gasteiger partial charge in [0.05, 0.1) is 18.3 Å². The first-order valence-electron chi connectivity index (χ1n) is 28.0. The van der Waals surface area contributed by atoms with Gasteiger partial charge in [-0.15, -0.1) is 0 Å². The van der Waals surface area contributed by atoms with E-state index in [-0.39, 0.29) is 100 Å². The summed E-state index contributed by atoms with van der Waals surface area (Å²) in [6.07, 6.45) is 2.85. The van der Waals surface area contributed by atoms with Crippen molar-refractivity contribution in [2.45, 2.75) is 116 Å². The highest BCUT2D eigenvalue weighted by molar-refractivity contribution is 6.12. The molecule has 4 aromatic rings. The Morgan fingerprint density at radius 1 is 0.867 bits per heavy atom. The fourth-order valence-electron chi connectivity index (χ4n) is 10.4. The molecule has 21 nitrogen and oxygen atoms in total. The van der Waals surface area contributed by atoms with Crippen LogP contribution in [0.25, 0.3) is 11.3 Å². The number of anilines is 1. The number of benzene rings is 3. The topological polar surface area (TPSA) is 277 Å². The molecule has 6 atom stereocenters. The number of nitrogens with one attached hydrogen (secondary N) is 4. The molecule has 83 heavy (non-hydrogen) atoms. The molecule has 7 rings (SSSR count). The first-order valence-corrected chi connectivity index (χ1v) is 28.0. The summed E-state index contributed by atoms with van der Waals surface area (Å²) in [6, 6.07) is 14.9. The summed E-state index contributed by atoms with van der Waals surface area (Å²) >= 11 is 0. The number of imide groups is 1. The molecule has 24 heteroatoms. The van der Waals surface area contributed by atoms with Crippen LogP contribution in [0.5, 0.6) is 0 Å². The zero-order valence-corrected chi connectivity index (χ0v) is 46.8. The number of hydrogen-bond acceptors (Lipinski definition) is 12. The number of alkyl halides is 1. The molecule has 0 unspecified atom stereocenters. The first kappa shape index (κ1) is 62.5. The fourth-order valence-corrected chi connectivity index (χ4v) is 10.4. The average molecular weight is 1160 g/mol. The van der Waals surface area contributed by atoms with E-state index in [1.807, 2.05) is 30.3 Å². The number of rotatable bonds is 27. The van der Waals surface area contributed by atoms with Crippen LogP contribution < -0.4 is 27.0 Å². The van der Waals surface area contributed by atoms with Crippen molar-refractivity contribution in [3.8, 4) is 11.3 Å². The quantitative estimate of drug-likeness (QED) is 0.0312. The summed E-state index contributed by atoms with van der Waals surface area (Å²) in [5, 5.41) is 21.6. The van der Waals surface area contributed by atoms with Gasteiger partial charge in [-0.2, -0.15) is 0 Å². The summed E-state index contributed by atoms with van der Waals surface area (Å²) in [5.41, 5.74) is 6.91. The van der Waals surface area contributed by atoms with Crippen LogP contribution >= 0.6 is 0 Å². The van der Waals surface area contributed by atoms with Crippen LogP contribution in [0.3, 0.4) is 0 Å². The number of carbonyl (C=O) groups excluding carboxylic acids is 8. The minimum absolute atomic E-state index is 0.0754. The van der Waals surface area contributed by atoms with Crippen molar-refractivity contribution in [3.05, 3.63) is 120 Å². The van der Waals surface area contributed by atoms with Gasteiger partial charge >= 0.3 is 12.1 Å². The van der Waals surface area contributed by atoms with Crippen molar-refractivity contribution < 1.29 is 66.1 Å². The molecule has 446 valence electrons. The molecule has 0 bridgehead atoms. The molecule has 9 amide bonds. The lowest BCUT2D eigenvalue weighted by molar-refractivity contribution is -0.145. The highest BCUT2D eigenvalue weighted by Gasteiger charge is 2.44. The Bertz CT molecular complexity index is 2940. The van der Waals surface area contributed by atoms with E-state index in [4.69, 9.17) is 20.2 Å². The molecule has 3 aliphatic heterocycles. The molecule has 4 heterocycles. The molecule has 0 saturated carbocycles. The zero-order chi connectivity index (χ0) is 59.7. The van der Waals surface area contributed by atoms with Crippen LogP contribution in [-0.2, 0) is 51.4 Å². The van der Waals surface area contributed by atoms with Crippen LogP contribution in [0.4, 0.5) is 28.4 Å². The summed E-state index contributed by atoms with van der Waals surface area (Å²) in [7, 11) is 0. The lowest BCUT2D eigenvalue weighted by Crippen LogP contribution is -2.54. The number of carbonyl (C=O) groups is 8. The number of aliphatic hydroxyl groups is 1. The number of ether oxygens (including phenoxy) is 2. The van der Waals surface area contributed by atoms with E-state index in [1.165, 1.54) is 28.9 Å². The van der Waals surface area contributed by atoms with Crippen LogP contribution in [0.15, 0.2) is 91.1 Å². The van der Waals surface area contributed by atoms with E-state index in [2.05, 4.69) is 21.3 Å². The smallest absolute Gasteiger partial charge is 0.410 e. The first-order chi connectivity index (χ1) is 39.8. The van der Waals surface area contributed by atoms with Gasteiger partial charge in [0, 0.05) is 87.9 Å². The second-order valence-electron chi connectivity index (χ2n) is 21.5. The van der Waals surface area contributed by atoms with Crippen LogP contribution in [0.1, 0.15) is 95.1 Å². The monoisotopic (exact) mass is 1150 g/mol. The van der Waals surface area contributed by atoms with Crippen molar-refractivity contribution in [2.75, 3.05) is 51.3 Å². The predicted molar refractivity (Wildman–Crippen MR) is 298 cm³/mol. The summed E-state index contributed by atoms with van der Waals surface area (Å²) < 4.78 is 59.4. The number of unbranched alkanes of at least 4 members (excludes halogenated alkanes) is 2. The van der Waals surface area contributed by atoms with Crippen LogP contribution in [-0.4, -0.2) is 147 Å². The number of aromatic nitrogens is 2. The van der Waals surface area contributed by atoms with Gasteiger partial charge < -0.3 is 55.9 Å². The van der Waals surface area contributed by atoms with Gasteiger partial charge in [-0.3, -0.25) is 33.7 Å². The van der Waals surface area contributed by atoms with Gasteiger partial charge in [0.2, 0.25) is 17.7 Å². The number of aliphatic hydroxyl groups excluding tert-OH is 1. The normalized spacial score (nSPS) is 17.7. The molecule has 7 N–H and O–H groups in total. The molecular formula is C59H73F3N10O11. The average Bonchev–Trinajstić information content (AvgIpc) is 3.55.